The fourth-order valence-corrected chi connectivity index (χ4v) is 2.55. The van der Waals surface area contributed by atoms with Crippen molar-refractivity contribution in [1.29, 1.82) is 0 Å². The van der Waals surface area contributed by atoms with Crippen molar-refractivity contribution in [2.75, 3.05) is 19.7 Å². The standard InChI is InChI=1S/C16H28N2O2/c1-5-15-11-18(6-7-19-15)10-14-8-16(20-13(14)4)9-17-12(2)3/h8,12,15,17H,5-7,9-11H2,1-4H3. The molecule has 2 rings (SSSR count). The molecule has 0 saturated carbocycles. The van der Waals surface area contributed by atoms with Gasteiger partial charge in [0.2, 0.25) is 0 Å². The molecule has 0 amide bonds. The third kappa shape index (κ3) is 4.33. The highest BCUT2D eigenvalue weighted by atomic mass is 16.5. The third-order valence-corrected chi connectivity index (χ3v) is 3.83. The summed E-state index contributed by atoms with van der Waals surface area (Å²) >= 11 is 0. The summed E-state index contributed by atoms with van der Waals surface area (Å²) in [7, 11) is 0. The van der Waals surface area contributed by atoms with Gasteiger partial charge >= 0.3 is 0 Å². The highest BCUT2D eigenvalue weighted by Crippen LogP contribution is 2.19. The minimum atomic E-state index is 0.387. The monoisotopic (exact) mass is 280 g/mol. The molecule has 1 unspecified atom stereocenters. The van der Waals surface area contributed by atoms with E-state index in [2.05, 4.69) is 44.0 Å². The Kier molecular flexibility index (Phi) is 5.64. The van der Waals surface area contributed by atoms with E-state index in [1.165, 1.54) is 5.56 Å². The number of aryl methyl sites for hydroxylation is 1. The Bertz CT molecular complexity index is 415. The first-order valence-electron chi connectivity index (χ1n) is 7.74. The lowest BCUT2D eigenvalue weighted by Crippen LogP contribution is -2.41. The van der Waals surface area contributed by atoms with E-state index in [1.807, 2.05) is 0 Å². The minimum absolute atomic E-state index is 0.387. The Labute approximate surface area is 122 Å². The van der Waals surface area contributed by atoms with Crippen LogP contribution >= 0.6 is 0 Å². The molecule has 0 aromatic carbocycles. The summed E-state index contributed by atoms with van der Waals surface area (Å²) in [6.45, 7) is 13.2. The summed E-state index contributed by atoms with van der Waals surface area (Å²) in [5.41, 5.74) is 1.31. The van der Waals surface area contributed by atoms with Crippen LogP contribution in [0.2, 0.25) is 0 Å². The molecule has 1 aromatic heterocycles. The van der Waals surface area contributed by atoms with Gasteiger partial charge in [0, 0.05) is 31.2 Å². The zero-order valence-corrected chi connectivity index (χ0v) is 13.2. The van der Waals surface area contributed by atoms with Gasteiger partial charge in [0.15, 0.2) is 0 Å². The molecule has 0 spiro atoms. The normalized spacial score (nSPS) is 20.8. The van der Waals surface area contributed by atoms with E-state index in [1.54, 1.807) is 0 Å². The van der Waals surface area contributed by atoms with E-state index in [9.17, 15) is 0 Å². The zero-order valence-electron chi connectivity index (χ0n) is 13.2. The maximum absolute atomic E-state index is 5.84. The number of ether oxygens (including phenoxy) is 1. The van der Waals surface area contributed by atoms with Gasteiger partial charge in [-0.1, -0.05) is 20.8 Å². The van der Waals surface area contributed by atoms with Gasteiger partial charge in [-0.05, 0) is 19.4 Å². The van der Waals surface area contributed by atoms with Gasteiger partial charge in [-0.15, -0.1) is 0 Å². The second kappa shape index (κ2) is 7.25. The molecule has 1 aliphatic heterocycles. The lowest BCUT2D eigenvalue weighted by Gasteiger charge is -2.32. The van der Waals surface area contributed by atoms with Crippen molar-refractivity contribution in [1.82, 2.24) is 10.2 Å². The number of hydrogen-bond donors (Lipinski definition) is 1. The summed E-state index contributed by atoms with van der Waals surface area (Å²) in [6.07, 6.45) is 1.47. The van der Waals surface area contributed by atoms with Crippen molar-refractivity contribution in [3.63, 3.8) is 0 Å². The average Bonchev–Trinajstić information content (AvgIpc) is 2.77. The molecule has 1 N–H and O–H groups in total. The van der Waals surface area contributed by atoms with Crippen LogP contribution in [0.5, 0.6) is 0 Å². The predicted octanol–water partition coefficient (Wildman–Crippen LogP) is 2.70. The molecule has 2 heterocycles. The SMILES string of the molecule is CCC1CN(Cc2cc(CNC(C)C)oc2C)CCO1. The topological polar surface area (TPSA) is 37.6 Å². The summed E-state index contributed by atoms with van der Waals surface area (Å²) in [6, 6.07) is 2.68. The molecule has 4 heteroatoms. The number of hydrogen-bond acceptors (Lipinski definition) is 4. The first-order chi connectivity index (χ1) is 9.58. The third-order valence-electron chi connectivity index (χ3n) is 3.83. The van der Waals surface area contributed by atoms with Crippen LogP contribution in [-0.2, 0) is 17.8 Å². The van der Waals surface area contributed by atoms with Crippen molar-refractivity contribution >= 4 is 0 Å². The second-order valence-electron chi connectivity index (χ2n) is 5.97. The number of nitrogens with zero attached hydrogens (tertiary/aromatic N) is 1. The molecule has 4 nitrogen and oxygen atoms in total. The largest absolute Gasteiger partial charge is 0.465 e. The summed E-state index contributed by atoms with van der Waals surface area (Å²) in [5.74, 6) is 2.08. The van der Waals surface area contributed by atoms with Gasteiger partial charge in [0.1, 0.15) is 11.5 Å². The molecule has 20 heavy (non-hydrogen) atoms. The van der Waals surface area contributed by atoms with Gasteiger partial charge in [0.05, 0.1) is 19.3 Å². The summed E-state index contributed by atoms with van der Waals surface area (Å²) in [5, 5.41) is 3.39. The van der Waals surface area contributed by atoms with Crippen molar-refractivity contribution in [3.05, 3.63) is 23.2 Å². The van der Waals surface area contributed by atoms with E-state index in [0.717, 1.165) is 50.7 Å². The lowest BCUT2D eigenvalue weighted by atomic mass is 10.2. The highest BCUT2D eigenvalue weighted by Gasteiger charge is 2.20. The summed E-state index contributed by atoms with van der Waals surface area (Å²) < 4.78 is 11.6. The van der Waals surface area contributed by atoms with Gasteiger partial charge < -0.3 is 14.5 Å². The minimum Gasteiger partial charge on any atom is -0.465 e. The number of furan rings is 1. The highest BCUT2D eigenvalue weighted by molar-refractivity contribution is 5.20. The van der Waals surface area contributed by atoms with Crippen LogP contribution in [0.25, 0.3) is 0 Å². The van der Waals surface area contributed by atoms with Crippen LogP contribution in [0.15, 0.2) is 10.5 Å². The van der Waals surface area contributed by atoms with Crippen LogP contribution in [-0.4, -0.2) is 36.7 Å². The van der Waals surface area contributed by atoms with Crippen molar-refractivity contribution in [3.8, 4) is 0 Å². The molecule has 1 atom stereocenters. The fourth-order valence-electron chi connectivity index (χ4n) is 2.55. The molecule has 114 valence electrons. The van der Waals surface area contributed by atoms with Crippen molar-refractivity contribution < 1.29 is 9.15 Å². The Morgan fingerprint density at radius 3 is 2.95 bits per heavy atom. The number of rotatable bonds is 6. The predicted molar refractivity (Wildman–Crippen MR) is 80.7 cm³/mol. The van der Waals surface area contributed by atoms with Crippen LogP contribution in [0, 0.1) is 6.92 Å². The maximum atomic E-state index is 5.84. The molecule has 1 aliphatic rings. The smallest absolute Gasteiger partial charge is 0.118 e. The van der Waals surface area contributed by atoms with E-state index < -0.39 is 0 Å². The first kappa shape index (κ1) is 15.5. The van der Waals surface area contributed by atoms with Crippen LogP contribution in [0.3, 0.4) is 0 Å². The molecular formula is C16H28N2O2. The van der Waals surface area contributed by atoms with Crippen molar-refractivity contribution in [2.45, 2.75) is 59.4 Å². The Morgan fingerprint density at radius 1 is 1.45 bits per heavy atom. The van der Waals surface area contributed by atoms with Gasteiger partial charge in [0.25, 0.3) is 0 Å². The Balaban J connectivity index is 1.91. The molecule has 1 fully saturated rings. The fraction of sp³-hybridized carbons (Fsp3) is 0.750. The van der Waals surface area contributed by atoms with E-state index >= 15 is 0 Å². The van der Waals surface area contributed by atoms with Crippen LogP contribution < -0.4 is 5.32 Å². The number of nitrogens with one attached hydrogen (secondary N) is 1. The molecule has 0 bridgehead atoms. The second-order valence-corrected chi connectivity index (χ2v) is 5.97. The molecule has 1 aromatic rings. The molecule has 1 saturated heterocycles. The van der Waals surface area contributed by atoms with Gasteiger partial charge in [-0.2, -0.15) is 0 Å². The van der Waals surface area contributed by atoms with Gasteiger partial charge in [-0.25, -0.2) is 0 Å². The number of morpholine rings is 1. The van der Waals surface area contributed by atoms with E-state index in [0.29, 0.717) is 12.1 Å². The molecular weight excluding hydrogens is 252 g/mol. The molecule has 0 radical (unpaired) electrons. The maximum Gasteiger partial charge on any atom is 0.118 e. The van der Waals surface area contributed by atoms with E-state index in [4.69, 9.17) is 9.15 Å². The Hall–Kier alpha value is -0.840. The van der Waals surface area contributed by atoms with Crippen molar-refractivity contribution in [2.24, 2.45) is 0 Å². The van der Waals surface area contributed by atoms with Crippen LogP contribution in [0.1, 0.15) is 44.3 Å². The van der Waals surface area contributed by atoms with Crippen LogP contribution in [0.4, 0.5) is 0 Å². The quantitative estimate of drug-likeness (QED) is 0.869. The average molecular weight is 280 g/mol. The lowest BCUT2D eigenvalue weighted by molar-refractivity contribution is -0.0325. The van der Waals surface area contributed by atoms with Gasteiger partial charge in [-0.3, -0.25) is 4.90 Å². The van der Waals surface area contributed by atoms with E-state index in [-0.39, 0.29) is 0 Å². The summed E-state index contributed by atoms with van der Waals surface area (Å²) in [4.78, 5) is 2.47. The molecule has 0 aliphatic carbocycles. The first-order valence-corrected chi connectivity index (χ1v) is 7.74. The Morgan fingerprint density at radius 2 is 2.25 bits per heavy atom. The zero-order chi connectivity index (χ0) is 14.5.